The highest BCUT2D eigenvalue weighted by Crippen LogP contribution is 2.22. The molecule has 1 atom stereocenters. The van der Waals surface area contributed by atoms with Gasteiger partial charge in [0.1, 0.15) is 5.82 Å². The second-order valence-corrected chi connectivity index (χ2v) is 5.74. The van der Waals surface area contributed by atoms with E-state index in [2.05, 4.69) is 38.8 Å². The highest BCUT2D eigenvalue weighted by molar-refractivity contribution is 9.10. The summed E-state index contributed by atoms with van der Waals surface area (Å²) in [4.78, 5) is 0.537. The lowest BCUT2D eigenvalue weighted by Gasteiger charge is -2.06. The number of alkyl halides is 1. The Morgan fingerprint density at radius 3 is 2.79 bits per heavy atom. The number of hydrogen-bond acceptors (Lipinski definition) is 0. The van der Waals surface area contributed by atoms with Gasteiger partial charge in [0.2, 0.25) is 0 Å². The standard InChI is InChI=1S/C11H13Br2F/c1-8(12)4-2-5-9-6-3-7-10(14)11(9)13/h3,6-8H,2,4-5H2,1H3. The van der Waals surface area contributed by atoms with Crippen LogP contribution in [0.4, 0.5) is 4.39 Å². The van der Waals surface area contributed by atoms with Crippen molar-refractivity contribution >= 4 is 31.9 Å². The highest BCUT2D eigenvalue weighted by atomic mass is 79.9. The van der Waals surface area contributed by atoms with Crippen LogP contribution in [-0.2, 0) is 6.42 Å². The highest BCUT2D eigenvalue weighted by Gasteiger charge is 2.05. The molecular formula is C11H13Br2F. The van der Waals surface area contributed by atoms with Crippen LogP contribution in [0.25, 0.3) is 0 Å². The van der Waals surface area contributed by atoms with Crippen LogP contribution in [-0.4, -0.2) is 4.83 Å². The van der Waals surface area contributed by atoms with Crippen LogP contribution >= 0.6 is 31.9 Å². The SMILES string of the molecule is CC(Br)CCCc1cccc(F)c1Br. The summed E-state index contributed by atoms with van der Waals surface area (Å²) in [6, 6.07) is 5.19. The number of hydrogen-bond donors (Lipinski definition) is 0. The van der Waals surface area contributed by atoms with E-state index >= 15 is 0 Å². The van der Waals surface area contributed by atoms with Crippen LogP contribution in [0.5, 0.6) is 0 Å². The first-order valence-corrected chi connectivity index (χ1v) is 6.39. The molecule has 0 aliphatic rings. The summed E-state index contributed by atoms with van der Waals surface area (Å²) in [7, 11) is 0. The van der Waals surface area contributed by atoms with Gasteiger partial charge in [-0.25, -0.2) is 4.39 Å². The lowest BCUT2D eigenvalue weighted by atomic mass is 10.1. The molecule has 0 N–H and O–H groups in total. The van der Waals surface area contributed by atoms with Gasteiger partial charge in [0.15, 0.2) is 0 Å². The Hall–Kier alpha value is 0.110. The summed E-state index contributed by atoms with van der Waals surface area (Å²) in [6.07, 6.45) is 3.12. The van der Waals surface area contributed by atoms with Gasteiger partial charge in [-0.3, -0.25) is 0 Å². The van der Waals surface area contributed by atoms with Crippen LogP contribution < -0.4 is 0 Å². The fraction of sp³-hybridized carbons (Fsp3) is 0.455. The molecule has 0 aromatic heterocycles. The van der Waals surface area contributed by atoms with Crippen LogP contribution in [0.2, 0.25) is 0 Å². The summed E-state index contributed by atoms with van der Waals surface area (Å²) in [5.41, 5.74) is 1.05. The summed E-state index contributed by atoms with van der Waals surface area (Å²) in [6.45, 7) is 2.13. The minimum Gasteiger partial charge on any atom is -0.206 e. The molecule has 0 radical (unpaired) electrons. The molecule has 0 saturated carbocycles. The third-order valence-corrected chi connectivity index (χ3v) is 3.43. The molecule has 0 fully saturated rings. The largest absolute Gasteiger partial charge is 0.206 e. The van der Waals surface area contributed by atoms with Gasteiger partial charge in [0.25, 0.3) is 0 Å². The molecule has 78 valence electrons. The molecular weight excluding hydrogens is 311 g/mol. The first-order valence-electron chi connectivity index (χ1n) is 4.68. The quantitative estimate of drug-likeness (QED) is 0.705. The van der Waals surface area contributed by atoms with Crippen LogP contribution in [0.3, 0.4) is 0 Å². The topological polar surface area (TPSA) is 0 Å². The van der Waals surface area contributed by atoms with Crippen molar-refractivity contribution in [1.82, 2.24) is 0 Å². The molecule has 1 unspecified atom stereocenters. The molecule has 0 bridgehead atoms. The fourth-order valence-corrected chi connectivity index (χ4v) is 2.10. The Kier molecular flexibility index (Phi) is 5.10. The van der Waals surface area contributed by atoms with E-state index in [-0.39, 0.29) is 5.82 Å². The van der Waals surface area contributed by atoms with Crippen LogP contribution in [0.15, 0.2) is 22.7 Å². The second kappa shape index (κ2) is 5.86. The van der Waals surface area contributed by atoms with E-state index in [1.807, 2.05) is 6.07 Å². The molecule has 0 heterocycles. The fourth-order valence-electron chi connectivity index (χ4n) is 1.32. The van der Waals surface area contributed by atoms with E-state index in [0.29, 0.717) is 9.30 Å². The molecule has 1 aromatic rings. The first kappa shape index (κ1) is 12.2. The van der Waals surface area contributed by atoms with E-state index in [0.717, 1.165) is 24.8 Å². The van der Waals surface area contributed by atoms with E-state index in [1.54, 1.807) is 6.07 Å². The summed E-state index contributed by atoms with van der Waals surface area (Å²) in [5, 5.41) is 0. The lowest BCUT2D eigenvalue weighted by molar-refractivity contribution is 0.616. The van der Waals surface area contributed by atoms with Crippen LogP contribution in [0, 0.1) is 5.82 Å². The van der Waals surface area contributed by atoms with E-state index in [1.165, 1.54) is 6.07 Å². The number of benzene rings is 1. The molecule has 0 spiro atoms. The molecule has 0 nitrogen and oxygen atoms in total. The Labute approximate surface area is 101 Å². The Bertz CT molecular complexity index is 297. The third kappa shape index (κ3) is 3.70. The van der Waals surface area contributed by atoms with Gasteiger partial charge in [-0.15, -0.1) is 0 Å². The van der Waals surface area contributed by atoms with E-state index in [4.69, 9.17) is 0 Å². The number of halogens is 3. The maximum atomic E-state index is 13.1. The van der Waals surface area contributed by atoms with Gasteiger partial charge < -0.3 is 0 Å². The second-order valence-electron chi connectivity index (χ2n) is 3.39. The van der Waals surface area contributed by atoms with Gasteiger partial charge >= 0.3 is 0 Å². The van der Waals surface area contributed by atoms with Gasteiger partial charge in [0, 0.05) is 4.83 Å². The minimum atomic E-state index is -0.172. The van der Waals surface area contributed by atoms with Crippen LogP contribution in [0.1, 0.15) is 25.3 Å². The van der Waals surface area contributed by atoms with Crippen molar-refractivity contribution in [3.63, 3.8) is 0 Å². The van der Waals surface area contributed by atoms with Crippen molar-refractivity contribution in [3.8, 4) is 0 Å². The lowest BCUT2D eigenvalue weighted by Crippen LogP contribution is -1.94. The molecule has 1 aromatic carbocycles. The van der Waals surface area contributed by atoms with Crippen molar-refractivity contribution in [3.05, 3.63) is 34.1 Å². The Balaban J connectivity index is 2.54. The normalized spacial score (nSPS) is 12.9. The van der Waals surface area contributed by atoms with Gasteiger partial charge in [-0.05, 0) is 46.8 Å². The van der Waals surface area contributed by atoms with Gasteiger partial charge in [0.05, 0.1) is 4.47 Å². The molecule has 1 rings (SSSR count). The Morgan fingerprint density at radius 2 is 2.14 bits per heavy atom. The zero-order valence-electron chi connectivity index (χ0n) is 8.06. The predicted molar refractivity (Wildman–Crippen MR) is 65.4 cm³/mol. The maximum Gasteiger partial charge on any atom is 0.137 e. The van der Waals surface area contributed by atoms with Gasteiger partial charge in [-0.2, -0.15) is 0 Å². The zero-order valence-corrected chi connectivity index (χ0v) is 11.2. The van der Waals surface area contributed by atoms with Crippen molar-refractivity contribution in [1.29, 1.82) is 0 Å². The third-order valence-electron chi connectivity index (χ3n) is 2.08. The van der Waals surface area contributed by atoms with Crippen molar-refractivity contribution in [2.24, 2.45) is 0 Å². The average molecular weight is 324 g/mol. The Morgan fingerprint density at radius 1 is 1.43 bits per heavy atom. The molecule has 0 saturated heterocycles. The summed E-state index contributed by atoms with van der Waals surface area (Å²) in [5.74, 6) is -0.172. The van der Waals surface area contributed by atoms with E-state index < -0.39 is 0 Å². The van der Waals surface area contributed by atoms with Crippen molar-refractivity contribution < 1.29 is 4.39 Å². The minimum absolute atomic E-state index is 0.172. The smallest absolute Gasteiger partial charge is 0.137 e. The zero-order chi connectivity index (χ0) is 10.6. The maximum absolute atomic E-state index is 13.1. The van der Waals surface area contributed by atoms with Crippen molar-refractivity contribution in [2.45, 2.75) is 31.0 Å². The number of aryl methyl sites for hydroxylation is 1. The number of rotatable bonds is 4. The monoisotopic (exact) mass is 322 g/mol. The molecule has 0 aliphatic heterocycles. The molecule has 0 aliphatic carbocycles. The predicted octanol–water partition coefficient (Wildman–Crippen LogP) is 4.69. The molecule has 0 amide bonds. The summed E-state index contributed by atoms with van der Waals surface area (Å²) >= 11 is 6.76. The molecule has 3 heteroatoms. The molecule has 14 heavy (non-hydrogen) atoms. The van der Waals surface area contributed by atoms with Crippen molar-refractivity contribution in [2.75, 3.05) is 0 Å². The average Bonchev–Trinajstić information content (AvgIpc) is 2.12. The van der Waals surface area contributed by atoms with Gasteiger partial charge in [-0.1, -0.05) is 35.0 Å². The van der Waals surface area contributed by atoms with E-state index in [9.17, 15) is 4.39 Å². The first-order chi connectivity index (χ1) is 6.61. The summed E-state index contributed by atoms with van der Waals surface area (Å²) < 4.78 is 13.7.